The Kier molecular flexibility index (Phi) is 5.67. The molecule has 132 valence electrons. The number of ether oxygens (including phenoxy) is 1. The summed E-state index contributed by atoms with van der Waals surface area (Å²) in [5, 5.41) is 2.98. The molecule has 1 amide bonds. The molecule has 0 aliphatic carbocycles. The number of carbonyl (C=O) groups is 1. The maximum absolute atomic E-state index is 12.9. The van der Waals surface area contributed by atoms with Crippen molar-refractivity contribution in [2.75, 3.05) is 26.3 Å². The minimum Gasteiger partial charge on any atom is -0.379 e. The molecule has 3 heterocycles. The van der Waals surface area contributed by atoms with E-state index in [0.29, 0.717) is 38.7 Å². The molecule has 0 aromatic carbocycles. The lowest BCUT2D eigenvalue weighted by atomic mass is 10.1. The zero-order valence-corrected chi connectivity index (χ0v) is 14.6. The van der Waals surface area contributed by atoms with E-state index in [1.807, 2.05) is 32.0 Å². The van der Waals surface area contributed by atoms with Crippen molar-refractivity contribution >= 4 is 5.91 Å². The smallest absolute Gasteiger partial charge is 0.242 e. The van der Waals surface area contributed by atoms with Crippen LogP contribution in [-0.4, -0.2) is 52.1 Å². The number of pyridine rings is 1. The SMILES string of the molecule is Cc1cc(C)nc(CNC(=O)[C@@H](c2cccnc2)N2CCOCC2)n1. The lowest BCUT2D eigenvalue weighted by Gasteiger charge is -2.33. The molecule has 0 spiro atoms. The van der Waals surface area contributed by atoms with Gasteiger partial charge in [0.15, 0.2) is 0 Å². The number of rotatable bonds is 5. The number of nitrogens with zero attached hydrogens (tertiary/aromatic N) is 4. The van der Waals surface area contributed by atoms with Gasteiger partial charge in [-0.3, -0.25) is 14.7 Å². The number of carbonyl (C=O) groups excluding carboxylic acids is 1. The van der Waals surface area contributed by atoms with Crippen molar-refractivity contribution < 1.29 is 9.53 Å². The first-order valence-corrected chi connectivity index (χ1v) is 8.44. The summed E-state index contributed by atoms with van der Waals surface area (Å²) < 4.78 is 5.41. The topological polar surface area (TPSA) is 80.2 Å². The number of aryl methyl sites for hydroxylation is 2. The van der Waals surface area contributed by atoms with Crippen molar-refractivity contribution in [2.24, 2.45) is 0 Å². The number of aromatic nitrogens is 3. The quantitative estimate of drug-likeness (QED) is 0.880. The Balaban J connectivity index is 1.74. The highest BCUT2D eigenvalue weighted by Crippen LogP contribution is 2.21. The van der Waals surface area contributed by atoms with E-state index in [1.165, 1.54) is 0 Å². The third-order valence-electron chi connectivity index (χ3n) is 4.11. The van der Waals surface area contributed by atoms with Gasteiger partial charge in [-0.25, -0.2) is 9.97 Å². The molecule has 1 saturated heterocycles. The predicted molar refractivity (Wildman–Crippen MR) is 92.7 cm³/mol. The molecule has 25 heavy (non-hydrogen) atoms. The minimum absolute atomic E-state index is 0.0716. The Labute approximate surface area is 147 Å². The Hall–Kier alpha value is -2.38. The molecule has 0 bridgehead atoms. The van der Waals surface area contributed by atoms with Gasteiger partial charge in [0.25, 0.3) is 0 Å². The third-order valence-corrected chi connectivity index (χ3v) is 4.11. The standard InChI is InChI=1S/C18H23N5O2/c1-13-10-14(2)22-16(21-13)12-20-18(24)17(15-4-3-5-19-11-15)23-6-8-25-9-7-23/h3-5,10-11,17H,6-9,12H2,1-2H3,(H,20,24)/t17-/m1/s1. The first-order valence-electron chi connectivity index (χ1n) is 8.44. The van der Waals surface area contributed by atoms with E-state index < -0.39 is 0 Å². The Bertz CT molecular complexity index is 696. The molecule has 7 nitrogen and oxygen atoms in total. The summed E-state index contributed by atoms with van der Waals surface area (Å²) in [4.78, 5) is 28.0. The van der Waals surface area contributed by atoms with Gasteiger partial charge in [-0.05, 0) is 31.5 Å². The highest BCUT2D eigenvalue weighted by molar-refractivity contribution is 5.83. The van der Waals surface area contributed by atoms with E-state index in [-0.39, 0.29) is 11.9 Å². The average Bonchev–Trinajstić information content (AvgIpc) is 2.61. The molecule has 0 saturated carbocycles. The summed E-state index contributed by atoms with van der Waals surface area (Å²) >= 11 is 0. The molecule has 1 aliphatic rings. The summed E-state index contributed by atoms with van der Waals surface area (Å²) in [6.45, 7) is 6.84. The summed E-state index contributed by atoms with van der Waals surface area (Å²) in [6.07, 6.45) is 3.45. The highest BCUT2D eigenvalue weighted by atomic mass is 16.5. The molecule has 2 aromatic rings. The van der Waals surface area contributed by atoms with Crippen molar-refractivity contribution in [1.29, 1.82) is 0 Å². The first-order chi connectivity index (χ1) is 12.1. The van der Waals surface area contributed by atoms with Crippen molar-refractivity contribution in [2.45, 2.75) is 26.4 Å². The summed E-state index contributed by atoms with van der Waals surface area (Å²) in [6, 6.07) is 5.31. The van der Waals surface area contributed by atoms with E-state index in [1.54, 1.807) is 12.4 Å². The van der Waals surface area contributed by atoms with Gasteiger partial charge in [0.1, 0.15) is 11.9 Å². The fourth-order valence-electron chi connectivity index (χ4n) is 3.04. The van der Waals surface area contributed by atoms with Crippen LogP contribution in [0.15, 0.2) is 30.6 Å². The van der Waals surface area contributed by atoms with Crippen LogP contribution in [0, 0.1) is 13.8 Å². The predicted octanol–water partition coefficient (Wildman–Crippen LogP) is 1.18. The molecule has 0 unspecified atom stereocenters. The summed E-state index contributed by atoms with van der Waals surface area (Å²) in [5.41, 5.74) is 2.67. The minimum atomic E-state index is -0.386. The average molecular weight is 341 g/mol. The molecule has 0 radical (unpaired) electrons. The molecule has 1 atom stereocenters. The van der Waals surface area contributed by atoms with Crippen LogP contribution < -0.4 is 5.32 Å². The van der Waals surface area contributed by atoms with Crippen LogP contribution in [0.4, 0.5) is 0 Å². The number of amides is 1. The van der Waals surface area contributed by atoms with Crippen LogP contribution in [0.3, 0.4) is 0 Å². The largest absolute Gasteiger partial charge is 0.379 e. The number of morpholine rings is 1. The van der Waals surface area contributed by atoms with Crippen molar-refractivity contribution in [1.82, 2.24) is 25.2 Å². The molecule has 2 aromatic heterocycles. The third kappa shape index (κ3) is 4.58. The normalized spacial score (nSPS) is 16.4. The second-order valence-corrected chi connectivity index (χ2v) is 6.12. The lowest BCUT2D eigenvalue weighted by Crippen LogP contribution is -2.45. The fourth-order valence-corrected chi connectivity index (χ4v) is 3.04. The van der Waals surface area contributed by atoms with Gasteiger partial charge in [-0.1, -0.05) is 6.07 Å². The van der Waals surface area contributed by atoms with E-state index in [4.69, 9.17) is 4.74 Å². The van der Waals surface area contributed by atoms with Crippen molar-refractivity contribution in [3.05, 3.63) is 53.4 Å². The summed E-state index contributed by atoms with van der Waals surface area (Å²) in [7, 11) is 0. The number of nitrogens with one attached hydrogen (secondary N) is 1. The maximum Gasteiger partial charge on any atom is 0.242 e. The van der Waals surface area contributed by atoms with E-state index in [9.17, 15) is 4.79 Å². The van der Waals surface area contributed by atoms with Crippen LogP contribution in [-0.2, 0) is 16.1 Å². The van der Waals surface area contributed by atoms with Crippen LogP contribution in [0.25, 0.3) is 0 Å². The van der Waals surface area contributed by atoms with E-state index in [0.717, 1.165) is 17.0 Å². The van der Waals surface area contributed by atoms with Gasteiger partial charge < -0.3 is 10.1 Å². The Morgan fingerprint density at radius 1 is 1.28 bits per heavy atom. The maximum atomic E-state index is 12.9. The molecule has 1 aliphatic heterocycles. The van der Waals surface area contributed by atoms with E-state index >= 15 is 0 Å². The monoisotopic (exact) mass is 341 g/mol. The van der Waals surface area contributed by atoms with Gasteiger partial charge in [0, 0.05) is 36.9 Å². The molecule has 3 rings (SSSR count). The van der Waals surface area contributed by atoms with Gasteiger partial charge in [0.05, 0.1) is 19.8 Å². The van der Waals surface area contributed by atoms with Crippen LogP contribution >= 0.6 is 0 Å². The second kappa shape index (κ2) is 8.13. The fraction of sp³-hybridized carbons (Fsp3) is 0.444. The highest BCUT2D eigenvalue weighted by Gasteiger charge is 2.29. The Morgan fingerprint density at radius 2 is 2.00 bits per heavy atom. The van der Waals surface area contributed by atoms with Gasteiger partial charge >= 0.3 is 0 Å². The van der Waals surface area contributed by atoms with Crippen molar-refractivity contribution in [3.8, 4) is 0 Å². The molecular weight excluding hydrogens is 318 g/mol. The van der Waals surface area contributed by atoms with Gasteiger partial charge in [-0.2, -0.15) is 0 Å². The molecule has 1 fully saturated rings. The Morgan fingerprint density at radius 3 is 2.64 bits per heavy atom. The van der Waals surface area contributed by atoms with Crippen molar-refractivity contribution in [3.63, 3.8) is 0 Å². The summed E-state index contributed by atoms with van der Waals surface area (Å²) in [5.74, 6) is 0.551. The van der Waals surface area contributed by atoms with Crippen LogP contribution in [0.1, 0.15) is 28.8 Å². The van der Waals surface area contributed by atoms with Gasteiger partial charge in [-0.15, -0.1) is 0 Å². The zero-order valence-electron chi connectivity index (χ0n) is 14.6. The molecule has 1 N–H and O–H groups in total. The van der Waals surface area contributed by atoms with Crippen LogP contribution in [0.5, 0.6) is 0 Å². The van der Waals surface area contributed by atoms with E-state index in [2.05, 4.69) is 25.2 Å². The zero-order chi connectivity index (χ0) is 17.6. The lowest BCUT2D eigenvalue weighted by molar-refractivity contribution is -0.128. The molecular formula is C18H23N5O2. The molecule has 7 heteroatoms. The second-order valence-electron chi connectivity index (χ2n) is 6.12. The van der Waals surface area contributed by atoms with Crippen LogP contribution in [0.2, 0.25) is 0 Å². The number of hydrogen-bond acceptors (Lipinski definition) is 6. The number of hydrogen-bond donors (Lipinski definition) is 1. The first kappa shape index (κ1) is 17.4. The van der Waals surface area contributed by atoms with Gasteiger partial charge in [0.2, 0.25) is 5.91 Å².